The van der Waals surface area contributed by atoms with Crippen molar-refractivity contribution in [3.63, 3.8) is 0 Å². The summed E-state index contributed by atoms with van der Waals surface area (Å²) in [5.74, 6) is 1.27. The van der Waals surface area contributed by atoms with E-state index in [0.717, 1.165) is 42.8 Å². The summed E-state index contributed by atoms with van der Waals surface area (Å²) in [6, 6.07) is 18.5. The molecule has 1 saturated heterocycles. The number of fused-ring (bicyclic) bond motifs is 1. The van der Waals surface area contributed by atoms with Crippen LogP contribution in [-0.4, -0.2) is 36.5 Å². The fourth-order valence-corrected chi connectivity index (χ4v) is 4.33. The molecule has 0 spiro atoms. The minimum atomic E-state index is 0.136. The number of hydrogen-bond donors (Lipinski definition) is 2. The number of nitrogens with one attached hydrogen (secondary N) is 2. The summed E-state index contributed by atoms with van der Waals surface area (Å²) in [5.41, 5.74) is 1.09. The van der Waals surface area contributed by atoms with Crippen LogP contribution < -0.4 is 15.5 Å². The molecule has 0 atom stereocenters. The Bertz CT molecular complexity index is 889. The van der Waals surface area contributed by atoms with Crippen LogP contribution in [-0.2, 0) is 4.79 Å². The summed E-state index contributed by atoms with van der Waals surface area (Å²) in [6.07, 6.45) is 1.84. The van der Waals surface area contributed by atoms with Gasteiger partial charge in [-0.05, 0) is 61.7 Å². The highest BCUT2D eigenvalue weighted by atomic mass is 32.1. The quantitative estimate of drug-likeness (QED) is 0.687. The molecule has 3 aromatic rings. The number of para-hydroxylation sites is 1. The summed E-state index contributed by atoms with van der Waals surface area (Å²) >= 11 is 1.51. The Morgan fingerprint density at radius 1 is 1.11 bits per heavy atom. The average Bonchev–Trinajstić information content (AvgIpc) is 3.16. The van der Waals surface area contributed by atoms with Crippen LogP contribution in [0.15, 0.2) is 54.6 Å². The molecule has 6 heteroatoms. The van der Waals surface area contributed by atoms with Crippen molar-refractivity contribution < 1.29 is 4.79 Å². The van der Waals surface area contributed by atoms with E-state index in [4.69, 9.17) is 4.37 Å². The molecule has 2 heterocycles. The summed E-state index contributed by atoms with van der Waals surface area (Å²) in [6.45, 7) is 3.15. The second-order valence-corrected chi connectivity index (χ2v) is 7.61. The van der Waals surface area contributed by atoms with E-state index in [-0.39, 0.29) is 11.8 Å². The lowest BCUT2D eigenvalue weighted by molar-refractivity contribution is -0.125. The van der Waals surface area contributed by atoms with Gasteiger partial charge in [0.25, 0.3) is 0 Å². The number of benzene rings is 2. The van der Waals surface area contributed by atoms with Crippen LogP contribution in [0.4, 0.5) is 11.5 Å². The van der Waals surface area contributed by atoms with Crippen LogP contribution in [0.2, 0.25) is 0 Å². The Kier molecular flexibility index (Phi) is 5.65. The van der Waals surface area contributed by atoms with E-state index >= 15 is 0 Å². The molecular formula is C21H24N4OS. The lowest BCUT2D eigenvalue weighted by Crippen LogP contribution is -2.40. The maximum absolute atomic E-state index is 12.4. The molecule has 1 aliphatic heterocycles. The van der Waals surface area contributed by atoms with Gasteiger partial charge in [0.05, 0.1) is 4.70 Å². The van der Waals surface area contributed by atoms with Gasteiger partial charge in [0.15, 0.2) is 5.82 Å². The van der Waals surface area contributed by atoms with Crippen molar-refractivity contribution in [3.05, 3.63) is 54.6 Å². The molecule has 0 aliphatic carbocycles. The van der Waals surface area contributed by atoms with Gasteiger partial charge in [0.2, 0.25) is 5.91 Å². The van der Waals surface area contributed by atoms with Crippen molar-refractivity contribution in [1.29, 1.82) is 0 Å². The van der Waals surface area contributed by atoms with Gasteiger partial charge in [0, 0.05) is 30.1 Å². The minimum Gasteiger partial charge on any atom is -0.354 e. The normalized spacial score (nSPS) is 15.0. The largest absolute Gasteiger partial charge is 0.354 e. The molecule has 0 saturated carbocycles. The van der Waals surface area contributed by atoms with E-state index in [0.29, 0.717) is 13.1 Å². The van der Waals surface area contributed by atoms with Crippen LogP contribution in [0.1, 0.15) is 12.8 Å². The third kappa shape index (κ3) is 4.12. The Labute approximate surface area is 163 Å². The number of nitrogens with zero attached hydrogens (tertiary/aromatic N) is 2. The maximum Gasteiger partial charge on any atom is 0.223 e. The summed E-state index contributed by atoms with van der Waals surface area (Å²) in [4.78, 5) is 14.6. The monoisotopic (exact) mass is 380 g/mol. The highest BCUT2D eigenvalue weighted by Gasteiger charge is 2.21. The molecule has 2 aromatic carbocycles. The molecule has 140 valence electrons. The predicted molar refractivity (Wildman–Crippen MR) is 112 cm³/mol. The standard InChI is InChI=1S/C21H24N4OS/c26-21(16-10-12-22-13-11-16)23-14-15-25(17-6-2-1-3-7-17)20-18-8-4-5-9-19(18)27-24-20/h1-9,16,22H,10-15H2,(H,23,26). The van der Waals surface area contributed by atoms with Crippen molar-refractivity contribution in [2.45, 2.75) is 12.8 Å². The highest BCUT2D eigenvalue weighted by Crippen LogP contribution is 2.33. The van der Waals surface area contributed by atoms with Gasteiger partial charge in [-0.15, -0.1) is 0 Å². The van der Waals surface area contributed by atoms with Crippen LogP contribution >= 0.6 is 11.5 Å². The summed E-state index contributed by atoms with van der Waals surface area (Å²) in [5, 5.41) is 7.58. The van der Waals surface area contributed by atoms with Crippen LogP contribution in [0.5, 0.6) is 0 Å². The number of carbonyl (C=O) groups excluding carboxylic acids is 1. The van der Waals surface area contributed by atoms with Gasteiger partial charge >= 0.3 is 0 Å². The SMILES string of the molecule is O=C(NCCN(c1ccccc1)c1nsc2ccccc12)C1CCNCC1. The fourth-order valence-electron chi connectivity index (χ4n) is 3.55. The number of piperidine rings is 1. The Morgan fingerprint density at radius 3 is 2.67 bits per heavy atom. The zero-order valence-corrected chi connectivity index (χ0v) is 16.0. The van der Waals surface area contributed by atoms with Crippen LogP contribution in [0.25, 0.3) is 10.1 Å². The van der Waals surface area contributed by atoms with Crippen molar-refractivity contribution in [3.8, 4) is 0 Å². The number of hydrogen-bond acceptors (Lipinski definition) is 5. The number of rotatable bonds is 6. The molecule has 27 heavy (non-hydrogen) atoms. The van der Waals surface area contributed by atoms with Crippen LogP contribution in [0.3, 0.4) is 0 Å². The smallest absolute Gasteiger partial charge is 0.223 e. The van der Waals surface area contributed by atoms with Crippen LogP contribution in [0, 0.1) is 5.92 Å². The van der Waals surface area contributed by atoms with E-state index in [2.05, 4.69) is 39.8 Å². The van der Waals surface area contributed by atoms with Crippen molar-refractivity contribution >= 4 is 39.0 Å². The number of anilines is 2. The first-order valence-electron chi connectivity index (χ1n) is 9.48. The summed E-state index contributed by atoms with van der Waals surface area (Å²) < 4.78 is 5.88. The average molecular weight is 381 g/mol. The van der Waals surface area contributed by atoms with Gasteiger partial charge in [-0.2, -0.15) is 4.37 Å². The molecule has 2 N–H and O–H groups in total. The van der Waals surface area contributed by atoms with Gasteiger partial charge in [-0.25, -0.2) is 0 Å². The fraction of sp³-hybridized carbons (Fsp3) is 0.333. The van der Waals surface area contributed by atoms with E-state index < -0.39 is 0 Å². The number of amides is 1. The number of aromatic nitrogens is 1. The van der Waals surface area contributed by atoms with E-state index in [1.807, 2.05) is 30.3 Å². The second-order valence-electron chi connectivity index (χ2n) is 6.80. The van der Waals surface area contributed by atoms with Gasteiger partial charge in [-0.1, -0.05) is 30.3 Å². The van der Waals surface area contributed by atoms with Crippen molar-refractivity contribution in [2.75, 3.05) is 31.1 Å². The molecule has 0 unspecified atom stereocenters. The topological polar surface area (TPSA) is 57.3 Å². The van der Waals surface area contributed by atoms with Crippen molar-refractivity contribution in [2.24, 2.45) is 5.92 Å². The Balaban J connectivity index is 1.50. The number of carbonyl (C=O) groups is 1. The molecule has 1 fully saturated rings. The molecule has 1 aromatic heterocycles. The molecule has 5 nitrogen and oxygen atoms in total. The third-order valence-corrected chi connectivity index (χ3v) is 5.84. The van der Waals surface area contributed by atoms with E-state index in [9.17, 15) is 4.79 Å². The first kappa shape index (κ1) is 17.9. The van der Waals surface area contributed by atoms with Gasteiger partial charge in [0.1, 0.15) is 0 Å². The Morgan fingerprint density at radius 2 is 1.85 bits per heavy atom. The minimum absolute atomic E-state index is 0.136. The maximum atomic E-state index is 12.4. The predicted octanol–water partition coefficient (Wildman–Crippen LogP) is 3.55. The lowest BCUT2D eigenvalue weighted by atomic mass is 9.97. The van der Waals surface area contributed by atoms with E-state index in [1.54, 1.807) is 0 Å². The van der Waals surface area contributed by atoms with E-state index in [1.165, 1.54) is 16.2 Å². The molecule has 4 rings (SSSR count). The second kappa shape index (κ2) is 8.50. The van der Waals surface area contributed by atoms with Gasteiger partial charge < -0.3 is 15.5 Å². The molecule has 1 aliphatic rings. The first-order valence-corrected chi connectivity index (χ1v) is 10.3. The molecule has 0 radical (unpaired) electrons. The molecular weight excluding hydrogens is 356 g/mol. The summed E-state index contributed by atoms with van der Waals surface area (Å²) in [7, 11) is 0. The first-order chi connectivity index (χ1) is 13.3. The highest BCUT2D eigenvalue weighted by molar-refractivity contribution is 7.13. The molecule has 1 amide bonds. The lowest BCUT2D eigenvalue weighted by Gasteiger charge is -2.25. The van der Waals surface area contributed by atoms with Gasteiger partial charge in [-0.3, -0.25) is 4.79 Å². The van der Waals surface area contributed by atoms with Crippen molar-refractivity contribution in [1.82, 2.24) is 15.0 Å². The third-order valence-electron chi connectivity index (χ3n) is 5.03. The molecule has 0 bridgehead atoms. The zero-order chi connectivity index (χ0) is 18.5. The Hall–Kier alpha value is -2.44. The zero-order valence-electron chi connectivity index (χ0n) is 15.2.